The molecule has 1 heterocycles. The van der Waals surface area contributed by atoms with Crippen molar-refractivity contribution >= 4 is 27.3 Å². The van der Waals surface area contributed by atoms with Crippen molar-refractivity contribution in [1.29, 1.82) is 0 Å². The lowest BCUT2D eigenvalue weighted by molar-refractivity contribution is -0.126. The molecule has 0 saturated carbocycles. The molecule has 9 heteroatoms. The lowest BCUT2D eigenvalue weighted by Crippen LogP contribution is -2.46. The van der Waals surface area contributed by atoms with Gasteiger partial charge in [-0.2, -0.15) is 4.31 Å². The molecule has 1 unspecified atom stereocenters. The number of nitrogens with one attached hydrogen (secondary N) is 1. The lowest BCUT2D eigenvalue weighted by Gasteiger charge is -2.36. The summed E-state index contributed by atoms with van der Waals surface area (Å²) in [4.78, 5) is 17.6. The largest absolute Gasteiger partial charge is 0.369 e. The fraction of sp³-hybridized carbons (Fsp3) is 0.696. The molecule has 1 amide bonds. The van der Waals surface area contributed by atoms with Crippen molar-refractivity contribution in [2.24, 2.45) is 0 Å². The Hall–Kier alpha value is -1.68. The second-order valence-corrected chi connectivity index (χ2v) is 9.98. The summed E-state index contributed by atoms with van der Waals surface area (Å²) in [6.45, 7) is 15.4. The molecule has 32 heavy (non-hydrogen) atoms. The summed E-state index contributed by atoms with van der Waals surface area (Å²) in [6.07, 6.45) is 1.27. The van der Waals surface area contributed by atoms with E-state index >= 15 is 0 Å². The van der Waals surface area contributed by atoms with Crippen molar-refractivity contribution in [2.45, 2.75) is 58.5 Å². The summed E-state index contributed by atoms with van der Waals surface area (Å²) in [5.74, 6) is -0.271. The molecule has 1 atom stereocenters. The van der Waals surface area contributed by atoms with Crippen LogP contribution in [0.1, 0.15) is 47.5 Å². The van der Waals surface area contributed by atoms with Gasteiger partial charge in [0.25, 0.3) is 5.91 Å². The van der Waals surface area contributed by atoms with Crippen LogP contribution in [-0.4, -0.2) is 82.1 Å². The van der Waals surface area contributed by atoms with Gasteiger partial charge >= 0.3 is 0 Å². The van der Waals surface area contributed by atoms with Crippen LogP contribution < -0.4 is 10.2 Å². The van der Waals surface area contributed by atoms with Crippen LogP contribution in [0.15, 0.2) is 23.1 Å². The molecule has 1 saturated heterocycles. The summed E-state index contributed by atoms with van der Waals surface area (Å²) < 4.78 is 33.2. The molecule has 1 aromatic carbocycles. The summed E-state index contributed by atoms with van der Waals surface area (Å²) in [6, 6.07) is 5.05. The number of anilines is 2. The Kier molecular flexibility index (Phi) is 10.4. The second kappa shape index (κ2) is 12.5. The van der Waals surface area contributed by atoms with Crippen LogP contribution in [0.25, 0.3) is 0 Å². The maximum atomic E-state index is 13.1. The molecular weight excluding hydrogens is 428 g/mol. The van der Waals surface area contributed by atoms with E-state index in [2.05, 4.69) is 29.0 Å². The van der Waals surface area contributed by atoms with Crippen LogP contribution in [0.2, 0.25) is 0 Å². The zero-order valence-corrected chi connectivity index (χ0v) is 21.1. The van der Waals surface area contributed by atoms with Gasteiger partial charge in [0.15, 0.2) is 0 Å². The van der Waals surface area contributed by atoms with Crippen LogP contribution in [-0.2, 0) is 19.6 Å². The summed E-state index contributed by atoms with van der Waals surface area (Å²) >= 11 is 0. The Morgan fingerprint density at radius 1 is 1.12 bits per heavy atom. The molecule has 0 aliphatic carbocycles. The van der Waals surface area contributed by atoms with Crippen LogP contribution in [0.5, 0.6) is 0 Å². The molecule has 0 aromatic heterocycles. The Bertz CT molecular complexity index is 834. The second-order valence-electron chi connectivity index (χ2n) is 8.05. The van der Waals surface area contributed by atoms with E-state index in [-0.39, 0.29) is 10.8 Å². The first-order valence-electron chi connectivity index (χ1n) is 11.8. The highest BCUT2D eigenvalue weighted by molar-refractivity contribution is 7.89. The third-order valence-corrected chi connectivity index (χ3v) is 8.01. The van der Waals surface area contributed by atoms with Crippen LogP contribution in [0, 0.1) is 0 Å². The maximum absolute atomic E-state index is 13.1. The average molecular weight is 469 g/mol. The number of sulfonamides is 1. The van der Waals surface area contributed by atoms with E-state index in [1.54, 1.807) is 19.1 Å². The number of hydrogen-bond acceptors (Lipinski definition) is 6. The number of nitrogens with zero attached hydrogens (tertiary/aromatic N) is 3. The Labute approximate surface area is 193 Å². The predicted octanol–water partition coefficient (Wildman–Crippen LogP) is 3.00. The van der Waals surface area contributed by atoms with Gasteiger partial charge in [-0.15, -0.1) is 0 Å². The SMILES string of the molecule is CCCCOC(C)C(=O)Nc1cc(S(=O)(=O)N(CC)CC)ccc1N1CCN(CC)CC1. The number of likely N-dealkylation sites (N-methyl/N-ethyl adjacent to an activating group) is 1. The van der Waals surface area contributed by atoms with E-state index < -0.39 is 16.1 Å². The molecule has 0 bridgehead atoms. The number of ether oxygens (including phenoxy) is 1. The van der Waals surface area contributed by atoms with Crippen molar-refractivity contribution < 1.29 is 17.9 Å². The van der Waals surface area contributed by atoms with Gasteiger partial charge in [-0.3, -0.25) is 4.79 Å². The number of rotatable bonds is 12. The number of piperazine rings is 1. The van der Waals surface area contributed by atoms with Gasteiger partial charge in [0.05, 0.1) is 16.3 Å². The standard InChI is InChI=1S/C23H40N4O4S/c1-6-10-17-31-19(5)23(28)24-21-18-20(32(29,30)27(8-3)9-4)11-12-22(21)26-15-13-25(7-2)14-16-26/h11-12,18-19H,6-10,13-17H2,1-5H3,(H,24,28). The Morgan fingerprint density at radius 3 is 2.34 bits per heavy atom. The van der Waals surface area contributed by atoms with E-state index in [0.29, 0.717) is 25.4 Å². The average Bonchev–Trinajstić information content (AvgIpc) is 2.79. The summed E-state index contributed by atoms with van der Waals surface area (Å²) in [5, 5.41) is 2.94. The first-order valence-corrected chi connectivity index (χ1v) is 13.3. The van der Waals surface area contributed by atoms with E-state index in [1.165, 1.54) is 4.31 Å². The number of carbonyl (C=O) groups is 1. The molecule has 0 spiro atoms. The number of amides is 1. The molecule has 1 aromatic rings. The topological polar surface area (TPSA) is 82.2 Å². The first kappa shape index (κ1) is 26.6. The minimum atomic E-state index is -3.63. The quantitative estimate of drug-likeness (QED) is 0.475. The predicted molar refractivity (Wildman–Crippen MR) is 130 cm³/mol. The third-order valence-electron chi connectivity index (χ3n) is 5.96. The number of unbranched alkanes of at least 4 members (excludes halogenated alkanes) is 1. The van der Waals surface area contributed by atoms with Gasteiger partial charge in [0.1, 0.15) is 6.10 Å². The van der Waals surface area contributed by atoms with Gasteiger partial charge in [-0.1, -0.05) is 34.1 Å². The van der Waals surface area contributed by atoms with Gasteiger partial charge < -0.3 is 19.9 Å². The van der Waals surface area contributed by atoms with Crippen molar-refractivity contribution in [1.82, 2.24) is 9.21 Å². The smallest absolute Gasteiger partial charge is 0.253 e. The van der Waals surface area contributed by atoms with E-state index in [9.17, 15) is 13.2 Å². The fourth-order valence-corrected chi connectivity index (χ4v) is 5.27. The van der Waals surface area contributed by atoms with Crippen molar-refractivity contribution in [3.05, 3.63) is 18.2 Å². The number of hydrogen-bond donors (Lipinski definition) is 1. The van der Waals surface area contributed by atoms with Crippen molar-refractivity contribution in [3.8, 4) is 0 Å². The normalized spacial score (nSPS) is 16.4. The highest BCUT2D eigenvalue weighted by atomic mass is 32.2. The monoisotopic (exact) mass is 468 g/mol. The lowest BCUT2D eigenvalue weighted by atomic mass is 10.2. The Balaban J connectivity index is 2.34. The zero-order chi connectivity index (χ0) is 23.7. The third kappa shape index (κ3) is 6.66. The van der Waals surface area contributed by atoms with E-state index in [0.717, 1.165) is 51.3 Å². The minimum Gasteiger partial charge on any atom is -0.369 e. The van der Waals surface area contributed by atoms with Gasteiger partial charge in [0.2, 0.25) is 10.0 Å². The highest BCUT2D eigenvalue weighted by Crippen LogP contribution is 2.31. The molecule has 1 N–H and O–H groups in total. The molecule has 1 aliphatic rings. The van der Waals surface area contributed by atoms with Crippen LogP contribution in [0.3, 0.4) is 0 Å². The summed E-state index contributed by atoms with van der Waals surface area (Å²) in [5.41, 5.74) is 1.35. The minimum absolute atomic E-state index is 0.187. The molecular formula is C23H40N4O4S. The zero-order valence-electron chi connectivity index (χ0n) is 20.3. The number of benzene rings is 1. The van der Waals surface area contributed by atoms with Crippen molar-refractivity contribution in [2.75, 3.05) is 62.6 Å². The fourth-order valence-electron chi connectivity index (χ4n) is 3.78. The van der Waals surface area contributed by atoms with Crippen LogP contribution in [0.4, 0.5) is 11.4 Å². The van der Waals surface area contributed by atoms with Gasteiger partial charge in [-0.25, -0.2) is 8.42 Å². The molecule has 1 fully saturated rings. The van der Waals surface area contributed by atoms with Gasteiger partial charge in [0, 0.05) is 45.9 Å². The molecule has 8 nitrogen and oxygen atoms in total. The first-order chi connectivity index (χ1) is 15.3. The molecule has 0 radical (unpaired) electrons. The Morgan fingerprint density at radius 2 is 1.78 bits per heavy atom. The molecule has 1 aliphatic heterocycles. The van der Waals surface area contributed by atoms with Gasteiger partial charge in [-0.05, 0) is 38.1 Å². The highest BCUT2D eigenvalue weighted by Gasteiger charge is 2.26. The maximum Gasteiger partial charge on any atom is 0.253 e. The van der Waals surface area contributed by atoms with E-state index in [1.807, 2.05) is 19.9 Å². The van der Waals surface area contributed by atoms with E-state index in [4.69, 9.17) is 4.74 Å². The summed E-state index contributed by atoms with van der Waals surface area (Å²) in [7, 11) is -3.63. The van der Waals surface area contributed by atoms with Crippen molar-refractivity contribution in [3.63, 3.8) is 0 Å². The van der Waals surface area contributed by atoms with Crippen LogP contribution >= 0.6 is 0 Å². The molecule has 182 valence electrons. The molecule has 2 rings (SSSR count). The number of carbonyl (C=O) groups excluding carboxylic acids is 1.